The Morgan fingerprint density at radius 1 is 1.62 bits per heavy atom. The molecule has 0 unspecified atom stereocenters. The van der Waals surface area contributed by atoms with Gasteiger partial charge >= 0.3 is 0 Å². The van der Waals surface area contributed by atoms with Gasteiger partial charge in [-0.05, 0) is 19.1 Å². The van der Waals surface area contributed by atoms with Crippen molar-refractivity contribution in [3.63, 3.8) is 0 Å². The van der Waals surface area contributed by atoms with Gasteiger partial charge in [0.1, 0.15) is 0 Å². The molecular weight excluding hydrogens is 173 g/mol. The molecule has 0 aromatic heterocycles. The van der Waals surface area contributed by atoms with Crippen molar-refractivity contribution in [1.82, 2.24) is 0 Å². The second kappa shape index (κ2) is 4.38. The van der Waals surface area contributed by atoms with Crippen LogP contribution in [0.25, 0.3) is 0 Å². The van der Waals surface area contributed by atoms with E-state index in [9.17, 15) is 9.18 Å². The summed E-state index contributed by atoms with van der Waals surface area (Å²) in [6, 6.07) is 4.03. The molecule has 68 valence electrons. The van der Waals surface area contributed by atoms with E-state index in [4.69, 9.17) is 4.74 Å². The summed E-state index contributed by atoms with van der Waals surface area (Å²) < 4.78 is 18.0. The highest BCUT2D eigenvalue weighted by Gasteiger charge is 2.02. The lowest BCUT2D eigenvalue weighted by Crippen LogP contribution is -1.93. The number of isocyanates is 1. The number of hydrogen-bond donors (Lipinski definition) is 0. The SMILES string of the molecule is CCOc1ccc(N=C=O)cc1F. The maximum Gasteiger partial charge on any atom is 0.240 e. The minimum absolute atomic E-state index is 0.160. The summed E-state index contributed by atoms with van der Waals surface area (Å²) in [7, 11) is 0. The number of ether oxygens (including phenoxy) is 1. The smallest absolute Gasteiger partial charge is 0.240 e. The number of hydrogen-bond acceptors (Lipinski definition) is 3. The number of benzene rings is 1. The quantitative estimate of drug-likeness (QED) is 0.529. The first kappa shape index (κ1) is 9.42. The Balaban J connectivity index is 2.97. The fraction of sp³-hybridized carbons (Fsp3) is 0.222. The molecule has 0 radical (unpaired) electrons. The number of halogens is 1. The molecule has 4 heteroatoms. The van der Waals surface area contributed by atoms with Crippen molar-refractivity contribution in [3.8, 4) is 5.75 Å². The van der Waals surface area contributed by atoms with Crippen molar-refractivity contribution in [2.24, 2.45) is 4.99 Å². The summed E-state index contributed by atoms with van der Waals surface area (Å²) in [6.45, 7) is 2.16. The van der Waals surface area contributed by atoms with Crippen LogP contribution in [0.2, 0.25) is 0 Å². The molecule has 1 aromatic rings. The molecule has 1 aromatic carbocycles. The minimum Gasteiger partial charge on any atom is -0.491 e. The van der Waals surface area contributed by atoms with Crippen molar-refractivity contribution in [2.45, 2.75) is 6.92 Å². The summed E-state index contributed by atoms with van der Waals surface area (Å²) in [5.41, 5.74) is 0.232. The standard InChI is InChI=1S/C9H8FNO2/c1-2-13-9-4-3-7(11-6-12)5-8(9)10/h3-5H,2H2,1H3. The van der Waals surface area contributed by atoms with Gasteiger partial charge in [0.25, 0.3) is 0 Å². The van der Waals surface area contributed by atoms with Crippen LogP contribution in [0.4, 0.5) is 10.1 Å². The zero-order chi connectivity index (χ0) is 9.68. The molecular formula is C9H8FNO2. The molecule has 0 aliphatic heterocycles. The highest BCUT2D eigenvalue weighted by Crippen LogP contribution is 2.22. The topological polar surface area (TPSA) is 38.7 Å². The molecule has 0 saturated carbocycles. The van der Waals surface area contributed by atoms with Gasteiger partial charge in [-0.2, -0.15) is 4.99 Å². The zero-order valence-corrected chi connectivity index (χ0v) is 7.08. The molecule has 0 bridgehead atoms. The predicted octanol–water partition coefficient (Wildman–Crippen LogP) is 2.19. The zero-order valence-electron chi connectivity index (χ0n) is 7.08. The number of rotatable bonds is 3. The maximum absolute atomic E-state index is 13.0. The molecule has 0 fully saturated rings. The van der Waals surface area contributed by atoms with Crippen LogP contribution in [0.3, 0.4) is 0 Å². The van der Waals surface area contributed by atoms with Crippen molar-refractivity contribution >= 4 is 11.8 Å². The van der Waals surface area contributed by atoms with Gasteiger partial charge in [-0.3, -0.25) is 0 Å². The summed E-state index contributed by atoms with van der Waals surface area (Å²) >= 11 is 0. The summed E-state index contributed by atoms with van der Waals surface area (Å²) in [4.78, 5) is 13.1. The van der Waals surface area contributed by atoms with E-state index in [0.29, 0.717) is 6.61 Å². The van der Waals surface area contributed by atoms with E-state index in [0.717, 1.165) is 6.07 Å². The van der Waals surface area contributed by atoms with E-state index in [1.54, 1.807) is 6.92 Å². The van der Waals surface area contributed by atoms with Crippen LogP contribution < -0.4 is 4.74 Å². The van der Waals surface area contributed by atoms with E-state index in [2.05, 4.69) is 4.99 Å². The third-order valence-corrected chi connectivity index (χ3v) is 1.39. The van der Waals surface area contributed by atoms with Gasteiger partial charge in [-0.15, -0.1) is 0 Å². The van der Waals surface area contributed by atoms with Crippen LogP contribution in [0.5, 0.6) is 5.75 Å². The lowest BCUT2D eigenvalue weighted by molar-refractivity contribution is 0.321. The first-order valence-electron chi connectivity index (χ1n) is 3.78. The lowest BCUT2D eigenvalue weighted by atomic mass is 10.3. The molecule has 0 N–H and O–H groups in total. The minimum atomic E-state index is -0.529. The van der Waals surface area contributed by atoms with Gasteiger partial charge in [-0.25, -0.2) is 9.18 Å². The average molecular weight is 181 g/mol. The highest BCUT2D eigenvalue weighted by atomic mass is 19.1. The Morgan fingerprint density at radius 2 is 2.38 bits per heavy atom. The molecule has 0 amide bonds. The molecule has 0 saturated heterocycles. The Hall–Kier alpha value is -1.67. The highest BCUT2D eigenvalue weighted by molar-refractivity contribution is 5.50. The van der Waals surface area contributed by atoms with E-state index in [1.165, 1.54) is 18.2 Å². The largest absolute Gasteiger partial charge is 0.491 e. The molecule has 0 aliphatic carbocycles. The fourth-order valence-electron chi connectivity index (χ4n) is 0.885. The normalized spacial score (nSPS) is 9.08. The summed E-state index contributed by atoms with van der Waals surface area (Å²) in [5.74, 6) is -0.370. The van der Waals surface area contributed by atoms with E-state index in [-0.39, 0.29) is 11.4 Å². The molecule has 3 nitrogen and oxygen atoms in total. The fourth-order valence-corrected chi connectivity index (χ4v) is 0.885. The Kier molecular flexibility index (Phi) is 3.17. The number of aliphatic imine (C=N–C) groups is 1. The second-order valence-corrected chi connectivity index (χ2v) is 2.25. The van der Waals surface area contributed by atoms with Crippen molar-refractivity contribution in [2.75, 3.05) is 6.61 Å². The van der Waals surface area contributed by atoms with Gasteiger partial charge in [0.15, 0.2) is 11.6 Å². The molecule has 0 aliphatic rings. The molecule has 0 atom stereocenters. The van der Waals surface area contributed by atoms with Crippen LogP contribution in [-0.2, 0) is 4.79 Å². The summed E-state index contributed by atoms with van der Waals surface area (Å²) in [6.07, 6.45) is 1.33. The number of nitrogens with zero attached hydrogens (tertiary/aromatic N) is 1. The van der Waals surface area contributed by atoms with Crippen LogP contribution in [0, 0.1) is 5.82 Å². The van der Waals surface area contributed by atoms with Crippen LogP contribution in [-0.4, -0.2) is 12.7 Å². The average Bonchev–Trinajstić information content (AvgIpc) is 2.10. The van der Waals surface area contributed by atoms with Gasteiger partial charge < -0.3 is 4.74 Å². The van der Waals surface area contributed by atoms with E-state index in [1.807, 2.05) is 0 Å². The third-order valence-electron chi connectivity index (χ3n) is 1.39. The molecule has 13 heavy (non-hydrogen) atoms. The van der Waals surface area contributed by atoms with Crippen molar-refractivity contribution in [1.29, 1.82) is 0 Å². The summed E-state index contributed by atoms with van der Waals surface area (Å²) in [5, 5.41) is 0. The van der Waals surface area contributed by atoms with Gasteiger partial charge in [-0.1, -0.05) is 0 Å². The Morgan fingerprint density at radius 3 is 2.92 bits per heavy atom. The predicted molar refractivity (Wildman–Crippen MR) is 45.4 cm³/mol. The van der Waals surface area contributed by atoms with E-state index < -0.39 is 5.82 Å². The molecule has 1 rings (SSSR count). The third kappa shape index (κ3) is 2.39. The molecule has 0 heterocycles. The van der Waals surface area contributed by atoms with Crippen molar-refractivity contribution < 1.29 is 13.9 Å². The maximum atomic E-state index is 13.0. The lowest BCUT2D eigenvalue weighted by Gasteiger charge is -2.03. The van der Waals surface area contributed by atoms with Crippen molar-refractivity contribution in [3.05, 3.63) is 24.0 Å². The van der Waals surface area contributed by atoms with Crippen LogP contribution in [0.15, 0.2) is 23.2 Å². The Labute approximate surface area is 74.9 Å². The second-order valence-electron chi connectivity index (χ2n) is 2.25. The van der Waals surface area contributed by atoms with Gasteiger partial charge in [0, 0.05) is 6.07 Å². The Bertz CT molecular complexity index is 345. The van der Waals surface area contributed by atoms with E-state index >= 15 is 0 Å². The first-order valence-corrected chi connectivity index (χ1v) is 3.78. The van der Waals surface area contributed by atoms with Gasteiger partial charge in [0.2, 0.25) is 6.08 Å². The van der Waals surface area contributed by atoms with Gasteiger partial charge in [0.05, 0.1) is 12.3 Å². The van der Waals surface area contributed by atoms with Crippen LogP contribution in [0.1, 0.15) is 6.92 Å². The number of carbonyl (C=O) groups excluding carboxylic acids is 1. The monoisotopic (exact) mass is 181 g/mol. The molecule has 0 spiro atoms. The van der Waals surface area contributed by atoms with Crippen LogP contribution >= 0.6 is 0 Å². The first-order chi connectivity index (χ1) is 6.27.